The van der Waals surface area contributed by atoms with Crippen molar-refractivity contribution in [1.82, 2.24) is 5.09 Å². The Bertz CT molecular complexity index is 415. The van der Waals surface area contributed by atoms with Crippen molar-refractivity contribution >= 4 is 7.75 Å². The smallest absolute Gasteiger partial charge is 0.405 e. The molecule has 19 heavy (non-hydrogen) atoms. The van der Waals surface area contributed by atoms with E-state index >= 15 is 0 Å². The van der Waals surface area contributed by atoms with Crippen LogP contribution >= 0.6 is 7.75 Å². The van der Waals surface area contributed by atoms with Crippen LogP contribution in [-0.4, -0.2) is 26.9 Å². The Hall–Kier alpha value is -0.870. The Morgan fingerprint density at radius 1 is 1.21 bits per heavy atom. The van der Waals surface area contributed by atoms with Crippen LogP contribution in [0.3, 0.4) is 0 Å². The van der Waals surface area contributed by atoms with Crippen LogP contribution < -0.4 is 9.82 Å². The predicted octanol–water partition coefficient (Wildman–Crippen LogP) is 3.01. The van der Waals surface area contributed by atoms with E-state index in [0.717, 1.165) is 17.7 Å². The number of ether oxygens (including phenoxy) is 1. The summed E-state index contributed by atoms with van der Waals surface area (Å²) in [6, 6.07) is 7.77. The van der Waals surface area contributed by atoms with Gasteiger partial charge in [-0.15, -0.1) is 0 Å². The lowest BCUT2D eigenvalue weighted by Crippen LogP contribution is -2.18. The Balaban J connectivity index is 2.49. The van der Waals surface area contributed by atoms with Crippen molar-refractivity contribution in [3.8, 4) is 5.75 Å². The van der Waals surface area contributed by atoms with Gasteiger partial charge in [0.2, 0.25) is 0 Å². The van der Waals surface area contributed by atoms with Crippen molar-refractivity contribution in [2.24, 2.45) is 0 Å². The van der Waals surface area contributed by atoms with E-state index in [0.29, 0.717) is 19.8 Å². The molecule has 1 aromatic rings. The summed E-state index contributed by atoms with van der Waals surface area (Å²) in [7, 11) is -1.52. The molecular weight excluding hydrogens is 265 g/mol. The van der Waals surface area contributed by atoms with Crippen molar-refractivity contribution in [3.05, 3.63) is 29.8 Å². The number of nitrogens with one attached hydrogen (secondary N) is 1. The average molecular weight is 287 g/mol. The van der Waals surface area contributed by atoms with Gasteiger partial charge in [0.1, 0.15) is 5.75 Å². The maximum absolute atomic E-state index is 12.1. The predicted molar refractivity (Wildman–Crippen MR) is 75.6 cm³/mol. The normalized spacial score (nSPS) is 11.5. The zero-order chi connectivity index (χ0) is 14.1. The molecule has 0 saturated heterocycles. The fraction of sp³-hybridized carbons (Fsp3) is 0.538. The molecule has 0 aliphatic rings. The lowest BCUT2D eigenvalue weighted by atomic mass is 10.1. The molecule has 6 heteroatoms. The van der Waals surface area contributed by atoms with E-state index in [2.05, 4.69) is 5.09 Å². The summed E-state index contributed by atoms with van der Waals surface area (Å²) in [6.07, 6.45) is 0.724. The van der Waals surface area contributed by atoms with Crippen LogP contribution in [0.4, 0.5) is 0 Å². The molecule has 0 spiro atoms. The molecule has 0 bridgehead atoms. The number of rotatable bonds is 9. The second-order valence-corrected chi connectivity index (χ2v) is 5.67. The van der Waals surface area contributed by atoms with Gasteiger partial charge >= 0.3 is 7.75 Å². The van der Waals surface area contributed by atoms with Crippen LogP contribution in [0.15, 0.2) is 24.3 Å². The fourth-order valence-electron chi connectivity index (χ4n) is 1.63. The van der Waals surface area contributed by atoms with Gasteiger partial charge in [0, 0.05) is 6.54 Å². The first-order valence-electron chi connectivity index (χ1n) is 6.40. The van der Waals surface area contributed by atoms with Gasteiger partial charge in [0.25, 0.3) is 0 Å². The highest BCUT2D eigenvalue weighted by Crippen LogP contribution is 2.43. The van der Waals surface area contributed by atoms with Crippen LogP contribution in [-0.2, 0) is 20.0 Å². The zero-order valence-corrected chi connectivity index (χ0v) is 12.6. The maximum atomic E-state index is 12.1. The third kappa shape index (κ3) is 5.74. The summed E-state index contributed by atoms with van der Waals surface area (Å²) in [6.45, 7) is 4.79. The van der Waals surface area contributed by atoms with E-state index in [1.165, 1.54) is 0 Å². The van der Waals surface area contributed by atoms with Crippen LogP contribution in [0.1, 0.15) is 19.4 Å². The van der Waals surface area contributed by atoms with E-state index in [1.807, 2.05) is 24.3 Å². The van der Waals surface area contributed by atoms with Crippen LogP contribution in [0.25, 0.3) is 0 Å². The Morgan fingerprint density at radius 3 is 2.47 bits per heavy atom. The van der Waals surface area contributed by atoms with Crippen molar-refractivity contribution in [2.75, 3.05) is 26.9 Å². The van der Waals surface area contributed by atoms with Gasteiger partial charge in [-0.2, -0.15) is 0 Å². The number of hydrogen-bond donors (Lipinski definition) is 1. The summed E-state index contributed by atoms with van der Waals surface area (Å²) in [5.74, 6) is 0.815. The highest BCUT2D eigenvalue weighted by Gasteiger charge is 2.22. The Kier molecular flexibility index (Phi) is 7.10. The SMILES string of the molecule is CCOP(=O)(NCCc1cccc(OC)c1)OCC. The first kappa shape index (κ1) is 16.2. The third-order valence-corrected chi connectivity index (χ3v) is 4.26. The second-order valence-electron chi connectivity index (χ2n) is 3.84. The fourth-order valence-corrected chi connectivity index (χ4v) is 2.96. The van der Waals surface area contributed by atoms with E-state index in [4.69, 9.17) is 13.8 Å². The summed E-state index contributed by atoms with van der Waals surface area (Å²) >= 11 is 0. The molecule has 1 aromatic carbocycles. The standard InChI is InChI=1S/C13H22NO4P/c1-4-17-19(15,18-5-2)14-10-9-12-7-6-8-13(11-12)16-3/h6-8,11H,4-5,9-10H2,1-3H3,(H,14,15). The lowest BCUT2D eigenvalue weighted by Gasteiger charge is -2.17. The zero-order valence-electron chi connectivity index (χ0n) is 11.7. The van der Waals surface area contributed by atoms with Crippen molar-refractivity contribution in [1.29, 1.82) is 0 Å². The van der Waals surface area contributed by atoms with E-state index < -0.39 is 7.75 Å². The molecule has 1 N–H and O–H groups in total. The highest BCUT2D eigenvalue weighted by molar-refractivity contribution is 7.51. The molecule has 0 fully saturated rings. The van der Waals surface area contributed by atoms with Crippen molar-refractivity contribution in [3.63, 3.8) is 0 Å². The van der Waals surface area contributed by atoms with Crippen molar-refractivity contribution in [2.45, 2.75) is 20.3 Å². The van der Waals surface area contributed by atoms with E-state index in [9.17, 15) is 4.57 Å². The Morgan fingerprint density at radius 2 is 1.89 bits per heavy atom. The number of benzene rings is 1. The molecule has 0 atom stereocenters. The lowest BCUT2D eigenvalue weighted by molar-refractivity contribution is 0.211. The van der Waals surface area contributed by atoms with Crippen LogP contribution in [0.2, 0.25) is 0 Å². The molecule has 0 amide bonds. The molecule has 0 radical (unpaired) electrons. The van der Waals surface area contributed by atoms with Crippen molar-refractivity contribution < 1.29 is 18.3 Å². The van der Waals surface area contributed by atoms with Crippen LogP contribution in [0.5, 0.6) is 5.75 Å². The molecule has 0 aliphatic carbocycles. The monoisotopic (exact) mass is 287 g/mol. The molecular formula is C13H22NO4P. The van der Waals surface area contributed by atoms with Crippen LogP contribution in [0, 0.1) is 0 Å². The van der Waals surface area contributed by atoms with Gasteiger partial charge in [0.05, 0.1) is 20.3 Å². The number of methoxy groups -OCH3 is 1. The summed E-state index contributed by atoms with van der Waals surface area (Å²) in [4.78, 5) is 0. The molecule has 0 aliphatic heterocycles. The Labute approximate surface area is 114 Å². The third-order valence-electron chi connectivity index (χ3n) is 2.45. The molecule has 0 heterocycles. The highest BCUT2D eigenvalue weighted by atomic mass is 31.2. The van der Waals surface area contributed by atoms with E-state index in [-0.39, 0.29) is 0 Å². The summed E-state index contributed by atoms with van der Waals surface area (Å²) < 4.78 is 27.6. The molecule has 5 nitrogen and oxygen atoms in total. The molecule has 0 saturated carbocycles. The summed E-state index contributed by atoms with van der Waals surface area (Å²) in [5.41, 5.74) is 1.10. The average Bonchev–Trinajstić information content (AvgIpc) is 2.39. The molecule has 1 rings (SSSR count). The minimum absolute atomic E-state index is 0.351. The topological polar surface area (TPSA) is 56.8 Å². The van der Waals surface area contributed by atoms with Gasteiger partial charge in [-0.3, -0.25) is 9.05 Å². The van der Waals surface area contributed by atoms with Gasteiger partial charge in [0.15, 0.2) is 0 Å². The maximum Gasteiger partial charge on any atom is 0.405 e. The number of hydrogen-bond acceptors (Lipinski definition) is 4. The molecule has 0 unspecified atom stereocenters. The largest absolute Gasteiger partial charge is 0.497 e. The first-order valence-corrected chi connectivity index (χ1v) is 7.95. The van der Waals surface area contributed by atoms with Gasteiger partial charge in [-0.25, -0.2) is 9.65 Å². The molecule has 0 aromatic heterocycles. The summed E-state index contributed by atoms with van der Waals surface area (Å²) in [5, 5.41) is 2.85. The second kappa shape index (κ2) is 8.33. The first-order chi connectivity index (χ1) is 9.13. The quantitative estimate of drug-likeness (QED) is 0.707. The minimum atomic E-state index is -3.16. The van der Waals surface area contributed by atoms with Gasteiger partial charge in [-0.1, -0.05) is 12.1 Å². The minimum Gasteiger partial charge on any atom is -0.497 e. The van der Waals surface area contributed by atoms with E-state index in [1.54, 1.807) is 21.0 Å². The molecule has 108 valence electrons. The van der Waals surface area contributed by atoms with Gasteiger partial charge in [-0.05, 0) is 38.0 Å². The van der Waals surface area contributed by atoms with Gasteiger partial charge < -0.3 is 4.74 Å².